The lowest BCUT2D eigenvalue weighted by Gasteiger charge is -2.12. The molecule has 1 atom stereocenters. The smallest absolute Gasteiger partial charge is 0.220 e. The fraction of sp³-hybridized carbons (Fsp3) is 0.462. The van der Waals surface area contributed by atoms with Crippen molar-refractivity contribution >= 4 is 21.8 Å². The average Bonchev–Trinajstić information content (AvgIpc) is 2.33. The van der Waals surface area contributed by atoms with Crippen molar-refractivity contribution in [2.75, 3.05) is 6.54 Å². The highest BCUT2D eigenvalue weighted by Crippen LogP contribution is 2.11. The summed E-state index contributed by atoms with van der Waals surface area (Å²) in [6.07, 6.45) is 1.46. The molecule has 1 unspecified atom stereocenters. The molecule has 3 N–H and O–H groups in total. The van der Waals surface area contributed by atoms with Crippen molar-refractivity contribution in [1.29, 1.82) is 0 Å². The van der Waals surface area contributed by atoms with E-state index < -0.39 is 0 Å². The summed E-state index contributed by atoms with van der Waals surface area (Å²) in [5.74, 6) is 0.361. The van der Waals surface area contributed by atoms with Gasteiger partial charge < -0.3 is 11.1 Å². The maximum atomic E-state index is 11.7. The van der Waals surface area contributed by atoms with Crippen molar-refractivity contribution < 1.29 is 4.79 Å². The van der Waals surface area contributed by atoms with Gasteiger partial charge in [-0.2, -0.15) is 0 Å². The number of carbonyl (C=O) groups is 1. The topological polar surface area (TPSA) is 55.1 Å². The Hall–Kier alpha value is -0.870. The van der Waals surface area contributed by atoms with E-state index in [4.69, 9.17) is 5.73 Å². The Morgan fingerprint density at radius 2 is 2.29 bits per heavy atom. The van der Waals surface area contributed by atoms with Crippen LogP contribution in [0.25, 0.3) is 0 Å². The van der Waals surface area contributed by atoms with Crippen molar-refractivity contribution in [3.63, 3.8) is 0 Å². The number of rotatable bonds is 6. The van der Waals surface area contributed by atoms with Crippen LogP contribution in [0.5, 0.6) is 0 Å². The number of nitrogens with one attached hydrogen (secondary N) is 1. The van der Waals surface area contributed by atoms with Crippen LogP contribution in [0.2, 0.25) is 0 Å². The lowest BCUT2D eigenvalue weighted by atomic mass is 10.0. The first-order valence-corrected chi connectivity index (χ1v) is 6.66. The largest absolute Gasteiger partial charge is 0.352 e. The Morgan fingerprint density at radius 3 is 2.88 bits per heavy atom. The minimum absolute atomic E-state index is 0.0716. The van der Waals surface area contributed by atoms with Crippen molar-refractivity contribution in [1.82, 2.24) is 5.32 Å². The average molecular weight is 299 g/mol. The predicted molar refractivity (Wildman–Crippen MR) is 73.4 cm³/mol. The minimum atomic E-state index is 0.0716. The van der Waals surface area contributed by atoms with Gasteiger partial charge in [0.05, 0.1) is 0 Å². The molecule has 1 aromatic carbocycles. The van der Waals surface area contributed by atoms with Gasteiger partial charge in [0.1, 0.15) is 0 Å². The van der Waals surface area contributed by atoms with Gasteiger partial charge in [0, 0.05) is 17.4 Å². The molecule has 0 bridgehead atoms. The zero-order chi connectivity index (χ0) is 12.7. The van der Waals surface area contributed by atoms with Crippen LogP contribution in [-0.2, 0) is 11.3 Å². The molecule has 94 valence electrons. The Morgan fingerprint density at radius 1 is 1.53 bits per heavy atom. The van der Waals surface area contributed by atoms with Crippen LogP contribution in [0.3, 0.4) is 0 Å². The van der Waals surface area contributed by atoms with Gasteiger partial charge in [-0.25, -0.2) is 0 Å². The minimum Gasteiger partial charge on any atom is -0.352 e. The van der Waals surface area contributed by atoms with E-state index in [-0.39, 0.29) is 11.8 Å². The molecule has 0 radical (unpaired) electrons. The molecule has 0 spiro atoms. The molecule has 3 nitrogen and oxygen atoms in total. The molecule has 1 aromatic rings. The highest BCUT2D eigenvalue weighted by molar-refractivity contribution is 9.10. The maximum Gasteiger partial charge on any atom is 0.220 e. The van der Waals surface area contributed by atoms with Gasteiger partial charge in [0.25, 0.3) is 0 Å². The normalized spacial score (nSPS) is 12.2. The summed E-state index contributed by atoms with van der Waals surface area (Å²) < 4.78 is 1.03. The molecule has 1 amide bonds. The molecule has 0 heterocycles. The highest BCUT2D eigenvalue weighted by Gasteiger charge is 2.09. The number of amides is 1. The quantitative estimate of drug-likeness (QED) is 0.847. The summed E-state index contributed by atoms with van der Waals surface area (Å²) >= 11 is 3.40. The molecule has 17 heavy (non-hydrogen) atoms. The number of halogens is 1. The van der Waals surface area contributed by atoms with Gasteiger partial charge in [-0.1, -0.05) is 41.4 Å². The maximum absolute atomic E-state index is 11.7. The molecular weight excluding hydrogens is 280 g/mol. The lowest BCUT2D eigenvalue weighted by Crippen LogP contribution is -2.27. The van der Waals surface area contributed by atoms with E-state index in [1.54, 1.807) is 0 Å². The van der Waals surface area contributed by atoms with Gasteiger partial charge in [-0.3, -0.25) is 4.79 Å². The molecule has 0 saturated carbocycles. The van der Waals surface area contributed by atoms with E-state index in [2.05, 4.69) is 28.2 Å². The predicted octanol–water partition coefficient (Wildman–Crippen LogP) is 2.44. The number of hydrogen-bond donors (Lipinski definition) is 2. The zero-order valence-corrected chi connectivity index (χ0v) is 11.7. The van der Waals surface area contributed by atoms with Crippen LogP contribution < -0.4 is 11.1 Å². The van der Waals surface area contributed by atoms with E-state index in [0.29, 0.717) is 19.5 Å². The molecular formula is C13H19BrN2O. The van der Waals surface area contributed by atoms with E-state index in [9.17, 15) is 4.79 Å². The highest BCUT2D eigenvalue weighted by atomic mass is 79.9. The van der Waals surface area contributed by atoms with Crippen molar-refractivity contribution in [3.05, 3.63) is 34.3 Å². The van der Waals surface area contributed by atoms with E-state index in [1.807, 2.05) is 24.3 Å². The second kappa shape index (κ2) is 7.45. The summed E-state index contributed by atoms with van der Waals surface area (Å²) in [7, 11) is 0. The SMILES string of the molecule is CCC(CN)CC(=O)NCc1cccc(Br)c1. The van der Waals surface area contributed by atoms with Gasteiger partial charge in [0.2, 0.25) is 5.91 Å². The number of nitrogens with two attached hydrogens (primary N) is 1. The Balaban J connectivity index is 2.38. The first-order chi connectivity index (χ1) is 8.15. The molecule has 0 aromatic heterocycles. The summed E-state index contributed by atoms with van der Waals surface area (Å²) in [6, 6.07) is 7.92. The van der Waals surface area contributed by atoms with Crippen LogP contribution in [-0.4, -0.2) is 12.5 Å². The zero-order valence-electron chi connectivity index (χ0n) is 10.1. The molecule has 1 rings (SSSR count). The lowest BCUT2D eigenvalue weighted by molar-refractivity contribution is -0.122. The Kier molecular flexibility index (Phi) is 6.22. The Bertz CT molecular complexity index is 364. The fourth-order valence-electron chi connectivity index (χ4n) is 1.58. The van der Waals surface area contributed by atoms with Crippen LogP contribution in [0, 0.1) is 5.92 Å². The standard InChI is InChI=1S/C13H19BrN2O/c1-2-10(8-15)7-13(17)16-9-11-4-3-5-12(14)6-11/h3-6,10H,2,7-9,15H2,1H3,(H,16,17). The number of carbonyl (C=O) groups excluding carboxylic acids is 1. The van der Waals surface area contributed by atoms with Gasteiger partial charge >= 0.3 is 0 Å². The first-order valence-electron chi connectivity index (χ1n) is 5.87. The van der Waals surface area contributed by atoms with E-state index in [1.165, 1.54) is 0 Å². The molecule has 0 aliphatic heterocycles. The second-order valence-corrected chi connectivity index (χ2v) is 5.04. The van der Waals surface area contributed by atoms with Gasteiger partial charge in [-0.05, 0) is 30.2 Å². The van der Waals surface area contributed by atoms with Crippen LogP contribution >= 0.6 is 15.9 Å². The molecule has 0 aliphatic rings. The van der Waals surface area contributed by atoms with Crippen LogP contribution in [0.15, 0.2) is 28.7 Å². The van der Waals surface area contributed by atoms with Crippen LogP contribution in [0.4, 0.5) is 0 Å². The molecule has 0 fully saturated rings. The summed E-state index contributed by atoms with van der Waals surface area (Å²) in [4.78, 5) is 11.7. The summed E-state index contributed by atoms with van der Waals surface area (Å²) in [6.45, 7) is 3.19. The van der Waals surface area contributed by atoms with Crippen molar-refractivity contribution in [2.24, 2.45) is 11.7 Å². The second-order valence-electron chi connectivity index (χ2n) is 4.12. The van der Waals surface area contributed by atoms with Crippen LogP contribution in [0.1, 0.15) is 25.3 Å². The first kappa shape index (κ1) is 14.2. The molecule has 0 aliphatic carbocycles. The van der Waals surface area contributed by atoms with Crippen molar-refractivity contribution in [3.8, 4) is 0 Å². The monoisotopic (exact) mass is 298 g/mol. The fourth-order valence-corrected chi connectivity index (χ4v) is 2.02. The third kappa shape index (κ3) is 5.33. The van der Waals surface area contributed by atoms with Gasteiger partial charge in [-0.15, -0.1) is 0 Å². The number of benzene rings is 1. The van der Waals surface area contributed by atoms with E-state index in [0.717, 1.165) is 16.5 Å². The number of hydrogen-bond acceptors (Lipinski definition) is 2. The molecule has 0 saturated heterocycles. The summed E-state index contributed by atoms with van der Waals surface area (Å²) in [5, 5.41) is 2.91. The van der Waals surface area contributed by atoms with Crippen molar-refractivity contribution in [2.45, 2.75) is 26.3 Å². The Labute approximate surface area is 111 Å². The summed E-state index contributed by atoms with van der Waals surface area (Å²) in [5.41, 5.74) is 6.66. The third-order valence-corrected chi connectivity index (χ3v) is 3.26. The van der Waals surface area contributed by atoms with E-state index >= 15 is 0 Å². The molecule has 4 heteroatoms. The van der Waals surface area contributed by atoms with Gasteiger partial charge in [0.15, 0.2) is 0 Å². The third-order valence-electron chi connectivity index (χ3n) is 2.76.